The van der Waals surface area contributed by atoms with Crippen molar-refractivity contribution < 1.29 is 4.39 Å². The highest BCUT2D eigenvalue weighted by Crippen LogP contribution is 2.27. The molecule has 3 N–H and O–H groups in total. The summed E-state index contributed by atoms with van der Waals surface area (Å²) in [5.74, 6) is -0.123. The minimum atomic E-state index is -0.123. The standard InChI is InChI=1S/C17H23FN4S/c1-11-4-3-5-14(18)16(11)22-8-6-13(7-9-22)20-10-15-17(19)23-12(2)21-15/h3-5,13,20H,6-10,19H2,1-2H3. The molecule has 0 saturated carbocycles. The van der Waals surface area contributed by atoms with E-state index in [9.17, 15) is 4.39 Å². The van der Waals surface area contributed by atoms with E-state index >= 15 is 0 Å². The summed E-state index contributed by atoms with van der Waals surface area (Å²) in [5.41, 5.74) is 8.66. The molecule has 1 aliphatic heterocycles. The number of aryl methyl sites for hydroxylation is 2. The van der Waals surface area contributed by atoms with E-state index in [2.05, 4.69) is 15.2 Å². The van der Waals surface area contributed by atoms with E-state index in [1.54, 1.807) is 12.1 Å². The molecule has 1 aliphatic rings. The maximum atomic E-state index is 14.1. The van der Waals surface area contributed by atoms with Gasteiger partial charge in [-0.3, -0.25) is 0 Å². The molecule has 1 fully saturated rings. The van der Waals surface area contributed by atoms with Crippen molar-refractivity contribution in [2.24, 2.45) is 0 Å². The van der Waals surface area contributed by atoms with Crippen molar-refractivity contribution in [2.75, 3.05) is 23.7 Å². The molecule has 23 heavy (non-hydrogen) atoms. The number of rotatable bonds is 4. The van der Waals surface area contributed by atoms with E-state index in [4.69, 9.17) is 5.73 Å². The van der Waals surface area contributed by atoms with Gasteiger partial charge >= 0.3 is 0 Å². The van der Waals surface area contributed by atoms with Gasteiger partial charge in [-0.05, 0) is 38.3 Å². The number of thiazole rings is 1. The van der Waals surface area contributed by atoms with Gasteiger partial charge in [0, 0.05) is 25.7 Å². The Bertz CT molecular complexity index is 657. The minimum absolute atomic E-state index is 0.123. The van der Waals surface area contributed by atoms with Crippen molar-refractivity contribution in [1.82, 2.24) is 10.3 Å². The molecule has 2 heterocycles. The van der Waals surface area contributed by atoms with Crippen LogP contribution in [0.2, 0.25) is 0 Å². The molecule has 0 spiro atoms. The molecule has 6 heteroatoms. The Morgan fingerprint density at radius 2 is 2.09 bits per heavy atom. The molecule has 0 bridgehead atoms. The van der Waals surface area contributed by atoms with Gasteiger partial charge in [-0.1, -0.05) is 12.1 Å². The van der Waals surface area contributed by atoms with Crippen molar-refractivity contribution in [3.8, 4) is 0 Å². The molecule has 2 aromatic rings. The number of anilines is 2. The summed E-state index contributed by atoms with van der Waals surface area (Å²) >= 11 is 1.53. The van der Waals surface area contributed by atoms with Crippen LogP contribution >= 0.6 is 11.3 Å². The Labute approximate surface area is 140 Å². The molecule has 0 amide bonds. The second kappa shape index (κ2) is 6.84. The number of hydrogen-bond donors (Lipinski definition) is 2. The molecule has 0 radical (unpaired) electrons. The molecule has 4 nitrogen and oxygen atoms in total. The average Bonchev–Trinajstić information content (AvgIpc) is 2.84. The molecular weight excluding hydrogens is 311 g/mol. The number of aromatic nitrogens is 1. The van der Waals surface area contributed by atoms with Gasteiger partial charge in [0.05, 0.1) is 16.4 Å². The first-order valence-electron chi connectivity index (χ1n) is 8.00. The number of nitrogens with one attached hydrogen (secondary N) is 1. The molecule has 3 rings (SSSR count). The molecule has 1 aromatic heterocycles. The highest BCUT2D eigenvalue weighted by Gasteiger charge is 2.22. The van der Waals surface area contributed by atoms with E-state index in [-0.39, 0.29) is 5.82 Å². The van der Waals surface area contributed by atoms with Gasteiger partial charge < -0.3 is 16.0 Å². The van der Waals surface area contributed by atoms with E-state index < -0.39 is 0 Å². The van der Waals surface area contributed by atoms with Crippen LogP contribution in [-0.4, -0.2) is 24.1 Å². The number of benzene rings is 1. The summed E-state index contributed by atoms with van der Waals surface area (Å²) in [6.45, 7) is 6.38. The summed E-state index contributed by atoms with van der Waals surface area (Å²) in [4.78, 5) is 6.61. The lowest BCUT2D eigenvalue weighted by Gasteiger charge is -2.35. The quantitative estimate of drug-likeness (QED) is 0.901. The summed E-state index contributed by atoms with van der Waals surface area (Å²) in [6.07, 6.45) is 1.99. The Kier molecular flexibility index (Phi) is 4.82. The zero-order valence-electron chi connectivity index (χ0n) is 13.6. The SMILES string of the molecule is Cc1nc(CNC2CCN(c3c(C)cccc3F)CC2)c(N)s1. The maximum Gasteiger partial charge on any atom is 0.146 e. The Balaban J connectivity index is 1.55. The van der Waals surface area contributed by atoms with Crippen molar-refractivity contribution in [2.45, 2.75) is 39.3 Å². The van der Waals surface area contributed by atoms with Crippen molar-refractivity contribution in [3.05, 3.63) is 40.3 Å². The van der Waals surface area contributed by atoms with E-state index in [1.165, 1.54) is 11.3 Å². The summed E-state index contributed by atoms with van der Waals surface area (Å²) in [6, 6.07) is 5.71. The lowest BCUT2D eigenvalue weighted by Crippen LogP contribution is -2.42. The van der Waals surface area contributed by atoms with Crippen molar-refractivity contribution >= 4 is 22.0 Å². The smallest absolute Gasteiger partial charge is 0.146 e. The van der Waals surface area contributed by atoms with Gasteiger partial charge in [0.15, 0.2) is 0 Å². The third-order valence-corrected chi connectivity index (χ3v) is 5.23. The van der Waals surface area contributed by atoms with Crippen LogP contribution < -0.4 is 16.0 Å². The second-order valence-electron chi connectivity index (χ2n) is 6.09. The monoisotopic (exact) mass is 334 g/mol. The highest BCUT2D eigenvalue weighted by atomic mass is 32.1. The number of halogens is 1. The fourth-order valence-electron chi connectivity index (χ4n) is 3.18. The Morgan fingerprint density at radius 3 is 2.70 bits per heavy atom. The molecule has 124 valence electrons. The molecule has 0 unspecified atom stereocenters. The predicted molar refractivity (Wildman–Crippen MR) is 94.5 cm³/mol. The third kappa shape index (κ3) is 3.64. The number of nitrogens with two attached hydrogens (primary N) is 1. The van der Waals surface area contributed by atoms with Crippen LogP contribution in [0.1, 0.15) is 29.1 Å². The topological polar surface area (TPSA) is 54.2 Å². The van der Waals surface area contributed by atoms with E-state index in [0.29, 0.717) is 12.6 Å². The number of nitrogen functional groups attached to an aromatic ring is 1. The van der Waals surface area contributed by atoms with Gasteiger partial charge in [0.1, 0.15) is 10.8 Å². The van der Waals surface area contributed by atoms with Crippen molar-refractivity contribution in [3.63, 3.8) is 0 Å². The van der Waals surface area contributed by atoms with Crippen LogP contribution in [0.25, 0.3) is 0 Å². The predicted octanol–water partition coefficient (Wildman–Crippen LogP) is 3.24. The van der Waals surface area contributed by atoms with Crippen LogP contribution in [0.15, 0.2) is 18.2 Å². The second-order valence-corrected chi connectivity index (χ2v) is 7.33. The van der Waals surface area contributed by atoms with Gasteiger partial charge in [-0.25, -0.2) is 9.37 Å². The van der Waals surface area contributed by atoms with Gasteiger partial charge in [0.25, 0.3) is 0 Å². The van der Waals surface area contributed by atoms with Crippen LogP contribution in [0.5, 0.6) is 0 Å². The minimum Gasteiger partial charge on any atom is -0.389 e. The lowest BCUT2D eigenvalue weighted by atomic mass is 10.0. The summed E-state index contributed by atoms with van der Waals surface area (Å²) < 4.78 is 14.1. The molecule has 1 saturated heterocycles. The number of piperidine rings is 1. The summed E-state index contributed by atoms with van der Waals surface area (Å²) in [5, 5.41) is 5.34. The Morgan fingerprint density at radius 1 is 1.35 bits per heavy atom. The first-order valence-corrected chi connectivity index (χ1v) is 8.81. The lowest BCUT2D eigenvalue weighted by molar-refractivity contribution is 0.410. The highest BCUT2D eigenvalue weighted by molar-refractivity contribution is 7.15. The fourth-order valence-corrected chi connectivity index (χ4v) is 3.89. The average molecular weight is 334 g/mol. The van der Waals surface area contributed by atoms with Gasteiger partial charge in [-0.2, -0.15) is 0 Å². The normalized spacial score (nSPS) is 16.0. The van der Waals surface area contributed by atoms with Crippen LogP contribution in [0.4, 0.5) is 15.1 Å². The summed E-state index contributed by atoms with van der Waals surface area (Å²) in [7, 11) is 0. The van der Waals surface area contributed by atoms with E-state index in [0.717, 1.165) is 52.9 Å². The van der Waals surface area contributed by atoms with E-state index in [1.807, 2.05) is 19.9 Å². The van der Waals surface area contributed by atoms with Crippen molar-refractivity contribution in [1.29, 1.82) is 0 Å². The zero-order chi connectivity index (χ0) is 16.4. The van der Waals surface area contributed by atoms with Crippen LogP contribution in [-0.2, 0) is 6.54 Å². The van der Waals surface area contributed by atoms with Gasteiger partial charge in [-0.15, -0.1) is 11.3 Å². The first kappa shape index (κ1) is 16.2. The van der Waals surface area contributed by atoms with Gasteiger partial charge in [0.2, 0.25) is 0 Å². The zero-order valence-corrected chi connectivity index (χ0v) is 14.4. The Hall–Kier alpha value is -1.66. The number of nitrogens with zero attached hydrogens (tertiary/aromatic N) is 2. The molecule has 1 aromatic carbocycles. The molecule has 0 aliphatic carbocycles. The van der Waals surface area contributed by atoms with Crippen LogP contribution in [0.3, 0.4) is 0 Å². The maximum absolute atomic E-state index is 14.1. The van der Waals surface area contributed by atoms with Crippen LogP contribution in [0, 0.1) is 19.7 Å². The molecular formula is C17H23FN4S. The largest absolute Gasteiger partial charge is 0.389 e. The number of hydrogen-bond acceptors (Lipinski definition) is 5. The molecule has 0 atom stereocenters. The third-order valence-electron chi connectivity index (χ3n) is 4.39. The fraction of sp³-hybridized carbons (Fsp3) is 0.471. The first-order chi connectivity index (χ1) is 11.0. The number of para-hydroxylation sites is 1.